The maximum Gasteiger partial charge on any atom is 0.239 e. The van der Waals surface area contributed by atoms with Crippen molar-refractivity contribution in [1.29, 1.82) is 0 Å². The smallest absolute Gasteiger partial charge is 0.239 e. The molecule has 0 aromatic rings. The predicted octanol–water partition coefficient (Wildman–Crippen LogP) is 0.724. The van der Waals surface area contributed by atoms with Gasteiger partial charge in [0.25, 0.3) is 0 Å². The molecule has 0 aliphatic carbocycles. The Morgan fingerprint density at radius 2 is 2.00 bits per heavy atom. The molecule has 0 aromatic carbocycles. The maximum absolute atomic E-state index is 12.1. The summed E-state index contributed by atoms with van der Waals surface area (Å²) in [5.41, 5.74) is 0. The molecule has 0 heterocycles. The molecule has 0 spiro atoms. The van der Waals surface area contributed by atoms with E-state index in [1.807, 2.05) is 25.7 Å². The number of nitrogens with zero attached hydrogens (tertiary/aromatic N) is 2. The van der Waals surface area contributed by atoms with Crippen LogP contribution in [-0.2, 0) is 4.79 Å². The van der Waals surface area contributed by atoms with Crippen molar-refractivity contribution in [2.24, 2.45) is 0 Å². The molecule has 1 N–H and O–H groups in total. The van der Waals surface area contributed by atoms with Gasteiger partial charge in [-0.3, -0.25) is 9.69 Å². The van der Waals surface area contributed by atoms with Crippen LogP contribution in [0.5, 0.6) is 0 Å². The second-order valence-corrected chi connectivity index (χ2v) is 3.69. The van der Waals surface area contributed by atoms with Crippen LogP contribution in [0.3, 0.4) is 0 Å². The third-order valence-electron chi connectivity index (χ3n) is 2.73. The molecule has 0 fully saturated rings. The lowest BCUT2D eigenvalue weighted by atomic mass is 10.2. The average Bonchev–Trinajstić information content (AvgIpc) is 2.29. The summed E-state index contributed by atoms with van der Waals surface area (Å²) < 4.78 is 0. The summed E-state index contributed by atoms with van der Waals surface area (Å²) in [5.74, 6) is 0.111. The van der Waals surface area contributed by atoms with Crippen LogP contribution >= 0.6 is 0 Å². The zero-order valence-electron chi connectivity index (χ0n) is 10.6. The van der Waals surface area contributed by atoms with Crippen LogP contribution in [0.25, 0.3) is 0 Å². The summed E-state index contributed by atoms with van der Waals surface area (Å²) in [6, 6.07) is -0.204. The van der Waals surface area contributed by atoms with E-state index in [0.29, 0.717) is 13.1 Å². The molecule has 94 valence electrons. The van der Waals surface area contributed by atoms with Crippen LogP contribution in [-0.4, -0.2) is 59.6 Å². The van der Waals surface area contributed by atoms with Crippen molar-refractivity contribution >= 4 is 5.91 Å². The van der Waals surface area contributed by atoms with Crippen molar-refractivity contribution in [1.82, 2.24) is 9.80 Å². The summed E-state index contributed by atoms with van der Waals surface area (Å²) in [7, 11) is 0. The van der Waals surface area contributed by atoms with Crippen LogP contribution in [0.4, 0.5) is 0 Å². The fourth-order valence-corrected chi connectivity index (χ4v) is 1.69. The SMILES string of the molecule is C=CCN(CCO)C(C)C(=O)N(CC)CC. The first kappa shape index (κ1) is 15.1. The van der Waals surface area contributed by atoms with Crippen molar-refractivity contribution in [3.05, 3.63) is 12.7 Å². The van der Waals surface area contributed by atoms with Crippen LogP contribution in [0, 0.1) is 0 Å². The molecule has 1 unspecified atom stereocenters. The summed E-state index contributed by atoms with van der Waals surface area (Å²) in [6.45, 7) is 12.1. The molecule has 0 bridgehead atoms. The highest BCUT2D eigenvalue weighted by Gasteiger charge is 2.23. The Labute approximate surface area is 98.5 Å². The maximum atomic E-state index is 12.1. The van der Waals surface area contributed by atoms with E-state index in [2.05, 4.69) is 6.58 Å². The molecule has 0 aromatic heterocycles. The van der Waals surface area contributed by atoms with Crippen molar-refractivity contribution in [2.75, 3.05) is 32.8 Å². The minimum absolute atomic E-state index is 0.0592. The van der Waals surface area contributed by atoms with Gasteiger partial charge in [0.05, 0.1) is 12.6 Å². The van der Waals surface area contributed by atoms with Gasteiger partial charge in [0.2, 0.25) is 5.91 Å². The Morgan fingerprint density at radius 1 is 1.44 bits per heavy atom. The Kier molecular flexibility index (Phi) is 7.85. The minimum Gasteiger partial charge on any atom is -0.395 e. The Bertz CT molecular complexity index is 215. The molecule has 0 aliphatic heterocycles. The van der Waals surface area contributed by atoms with E-state index in [1.54, 1.807) is 11.0 Å². The lowest BCUT2D eigenvalue weighted by Gasteiger charge is -2.30. The second kappa shape index (κ2) is 8.30. The van der Waals surface area contributed by atoms with Gasteiger partial charge >= 0.3 is 0 Å². The van der Waals surface area contributed by atoms with Crippen LogP contribution in [0.2, 0.25) is 0 Å². The highest BCUT2D eigenvalue weighted by molar-refractivity contribution is 5.81. The van der Waals surface area contributed by atoms with Crippen LogP contribution < -0.4 is 0 Å². The Morgan fingerprint density at radius 3 is 2.38 bits per heavy atom. The van der Waals surface area contributed by atoms with Crippen molar-refractivity contribution in [3.63, 3.8) is 0 Å². The third-order valence-corrected chi connectivity index (χ3v) is 2.73. The lowest BCUT2D eigenvalue weighted by molar-refractivity contribution is -0.136. The first-order chi connectivity index (χ1) is 7.62. The number of likely N-dealkylation sites (N-methyl/N-ethyl adjacent to an activating group) is 1. The lowest BCUT2D eigenvalue weighted by Crippen LogP contribution is -2.48. The fraction of sp³-hybridized carbons (Fsp3) is 0.750. The van der Waals surface area contributed by atoms with Gasteiger partial charge in [0, 0.05) is 26.2 Å². The number of hydrogen-bond donors (Lipinski definition) is 1. The number of aliphatic hydroxyl groups excluding tert-OH is 1. The quantitative estimate of drug-likeness (QED) is 0.623. The fourth-order valence-electron chi connectivity index (χ4n) is 1.69. The van der Waals surface area contributed by atoms with E-state index in [-0.39, 0.29) is 18.6 Å². The van der Waals surface area contributed by atoms with Gasteiger partial charge in [-0.15, -0.1) is 6.58 Å². The van der Waals surface area contributed by atoms with E-state index < -0.39 is 0 Å². The third kappa shape index (κ3) is 4.33. The molecule has 1 atom stereocenters. The molecule has 0 aliphatic rings. The van der Waals surface area contributed by atoms with Crippen molar-refractivity contribution in [2.45, 2.75) is 26.8 Å². The topological polar surface area (TPSA) is 43.8 Å². The monoisotopic (exact) mass is 228 g/mol. The molecular formula is C12H24N2O2. The van der Waals surface area contributed by atoms with Crippen molar-refractivity contribution < 1.29 is 9.90 Å². The summed E-state index contributed by atoms with van der Waals surface area (Å²) in [5, 5.41) is 8.95. The summed E-state index contributed by atoms with van der Waals surface area (Å²) in [6.07, 6.45) is 1.75. The molecular weight excluding hydrogens is 204 g/mol. The second-order valence-electron chi connectivity index (χ2n) is 3.69. The van der Waals surface area contributed by atoms with Gasteiger partial charge in [-0.2, -0.15) is 0 Å². The molecule has 0 saturated heterocycles. The highest BCUT2D eigenvalue weighted by Crippen LogP contribution is 2.04. The average molecular weight is 228 g/mol. The van der Waals surface area contributed by atoms with Gasteiger partial charge in [-0.05, 0) is 20.8 Å². The Hall–Kier alpha value is -0.870. The molecule has 4 heteroatoms. The van der Waals surface area contributed by atoms with Gasteiger partial charge in [0.15, 0.2) is 0 Å². The van der Waals surface area contributed by atoms with Gasteiger partial charge in [0.1, 0.15) is 0 Å². The molecule has 16 heavy (non-hydrogen) atoms. The molecule has 4 nitrogen and oxygen atoms in total. The normalized spacial score (nSPS) is 12.6. The standard InChI is InChI=1S/C12H24N2O2/c1-5-8-14(9-10-15)11(4)12(16)13(6-2)7-3/h5,11,15H,1,6-10H2,2-4H3. The van der Waals surface area contributed by atoms with Crippen LogP contribution in [0.1, 0.15) is 20.8 Å². The van der Waals surface area contributed by atoms with E-state index in [9.17, 15) is 4.79 Å². The zero-order chi connectivity index (χ0) is 12.6. The van der Waals surface area contributed by atoms with Gasteiger partial charge < -0.3 is 10.0 Å². The first-order valence-corrected chi connectivity index (χ1v) is 5.86. The van der Waals surface area contributed by atoms with Crippen LogP contribution in [0.15, 0.2) is 12.7 Å². The van der Waals surface area contributed by atoms with E-state index in [1.165, 1.54) is 0 Å². The molecule has 1 amide bonds. The number of carbonyl (C=O) groups is 1. The van der Waals surface area contributed by atoms with E-state index in [4.69, 9.17) is 5.11 Å². The molecule has 0 rings (SSSR count). The number of amides is 1. The van der Waals surface area contributed by atoms with E-state index >= 15 is 0 Å². The van der Waals surface area contributed by atoms with Gasteiger partial charge in [-0.25, -0.2) is 0 Å². The number of hydrogen-bond acceptors (Lipinski definition) is 3. The highest BCUT2D eigenvalue weighted by atomic mass is 16.3. The summed E-state index contributed by atoms with van der Waals surface area (Å²) in [4.78, 5) is 15.8. The molecule has 0 radical (unpaired) electrons. The van der Waals surface area contributed by atoms with Crippen molar-refractivity contribution in [3.8, 4) is 0 Å². The predicted molar refractivity (Wildman–Crippen MR) is 66.2 cm³/mol. The zero-order valence-corrected chi connectivity index (χ0v) is 10.6. The number of aliphatic hydroxyl groups is 1. The van der Waals surface area contributed by atoms with E-state index in [0.717, 1.165) is 13.1 Å². The number of carbonyl (C=O) groups excluding carboxylic acids is 1. The summed E-state index contributed by atoms with van der Waals surface area (Å²) >= 11 is 0. The van der Waals surface area contributed by atoms with Gasteiger partial charge in [-0.1, -0.05) is 6.08 Å². The Balaban J connectivity index is 4.51. The largest absolute Gasteiger partial charge is 0.395 e. The first-order valence-electron chi connectivity index (χ1n) is 5.86. The molecule has 0 saturated carbocycles. The number of rotatable bonds is 8. The minimum atomic E-state index is -0.204.